The van der Waals surface area contributed by atoms with Crippen LogP contribution in [0.5, 0.6) is 0 Å². The number of hydrogen-bond acceptors (Lipinski definition) is 5. The van der Waals surface area contributed by atoms with E-state index in [1.807, 2.05) is 4.90 Å². The highest BCUT2D eigenvalue weighted by Gasteiger charge is 2.38. The Morgan fingerprint density at radius 2 is 2.17 bits per heavy atom. The van der Waals surface area contributed by atoms with Gasteiger partial charge in [0.25, 0.3) is 5.91 Å². The number of aliphatic hydroxyl groups is 1. The van der Waals surface area contributed by atoms with E-state index < -0.39 is 29.4 Å². The molecule has 2 aliphatic rings. The Morgan fingerprint density at radius 3 is 2.79 bits per heavy atom. The lowest BCUT2D eigenvalue weighted by Gasteiger charge is -2.39. The molecule has 156 valence electrons. The van der Waals surface area contributed by atoms with E-state index in [1.165, 1.54) is 17.4 Å². The zero-order valence-electron chi connectivity index (χ0n) is 14.7. The van der Waals surface area contributed by atoms with Crippen molar-refractivity contribution >= 4 is 39.1 Å². The van der Waals surface area contributed by atoms with Gasteiger partial charge in [0.15, 0.2) is 18.1 Å². The average molecular weight is 496 g/mol. The highest BCUT2D eigenvalue weighted by molar-refractivity contribution is 9.10. The van der Waals surface area contributed by atoms with Crippen molar-refractivity contribution in [2.45, 2.75) is 24.7 Å². The van der Waals surface area contributed by atoms with Gasteiger partial charge >= 0.3 is 6.18 Å². The van der Waals surface area contributed by atoms with E-state index in [0.717, 1.165) is 10.5 Å². The van der Waals surface area contributed by atoms with Crippen LogP contribution in [0.25, 0.3) is 5.65 Å². The molecule has 1 fully saturated rings. The van der Waals surface area contributed by atoms with Crippen molar-refractivity contribution in [2.75, 3.05) is 19.8 Å². The van der Waals surface area contributed by atoms with Gasteiger partial charge in [-0.05, 0) is 28.4 Å². The zero-order chi connectivity index (χ0) is 20.9. The molecule has 1 N–H and O–H groups in total. The zero-order valence-corrected chi connectivity index (χ0v) is 17.1. The van der Waals surface area contributed by atoms with Crippen molar-refractivity contribution < 1.29 is 27.8 Å². The summed E-state index contributed by atoms with van der Waals surface area (Å²) in [5.74, 6) is -0.631. The number of halogens is 5. The number of carbonyl (C=O) groups excluding carboxylic acids is 1. The lowest BCUT2D eigenvalue weighted by molar-refractivity contribution is -0.136. The first-order chi connectivity index (χ1) is 13.7. The molecule has 1 saturated heterocycles. The maximum absolute atomic E-state index is 13.4. The quantitative estimate of drug-likeness (QED) is 0.693. The Kier molecular flexibility index (Phi) is 5.16. The fraction of sp³-hybridized carbons (Fsp3) is 0.412. The fourth-order valence-corrected chi connectivity index (χ4v) is 4.25. The Balaban J connectivity index is 1.62. The fourth-order valence-electron chi connectivity index (χ4n) is 3.57. The summed E-state index contributed by atoms with van der Waals surface area (Å²) >= 11 is 9.23. The van der Waals surface area contributed by atoms with E-state index in [4.69, 9.17) is 16.3 Å². The number of aliphatic hydroxyl groups excluding tert-OH is 1. The number of likely N-dealkylation sites (tertiary alicyclic amines) is 1. The van der Waals surface area contributed by atoms with E-state index in [1.54, 1.807) is 6.20 Å². The molecule has 0 radical (unpaired) electrons. The van der Waals surface area contributed by atoms with Crippen LogP contribution in [0.4, 0.5) is 13.2 Å². The standard InChI is InChI=1S/C17H15BrClF3N4O3/c18-9-5-10(17(20,21)22)15-23-13(14(19)26(15)6-9)16(28)24-2-1-11(12(27)7-24)25-3-4-29-8-25/h3-6,11-12,27H,1-2,7-8H2/t11-,12+/m1/s1. The van der Waals surface area contributed by atoms with Crippen LogP contribution >= 0.6 is 27.5 Å². The van der Waals surface area contributed by atoms with Gasteiger partial charge in [0.1, 0.15) is 11.4 Å². The molecular weight excluding hydrogens is 481 g/mol. The molecule has 0 aromatic carbocycles. The van der Waals surface area contributed by atoms with Crippen LogP contribution < -0.4 is 0 Å². The van der Waals surface area contributed by atoms with Crippen molar-refractivity contribution in [3.63, 3.8) is 0 Å². The second kappa shape index (κ2) is 7.37. The van der Waals surface area contributed by atoms with Crippen LogP contribution in [0.1, 0.15) is 22.5 Å². The highest BCUT2D eigenvalue weighted by atomic mass is 79.9. The molecule has 4 rings (SSSR count). The van der Waals surface area contributed by atoms with E-state index in [-0.39, 0.29) is 27.9 Å². The summed E-state index contributed by atoms with van der Waals surface area (Å²) in [6, 6.07) is 0.662. The number of imidazole rings is 1. The molecule has 0 saturated carbocycles. The van der Waals surface area contributed by atoms with Gasteiger partial charge in [-0.15, -0.1) is 0 Å². The number of aromatic nitrogens is 2. The number of pyridine rings is 1. The minimum Gasteiger partial charge on any atom is -0.479 e. The molecule has 29 heavy (non-hydrogen) atoms. The molecule has 0 unspecified atom stereocenters. The van der Waals surface area contributed by atoms with Crippen molar-refractivity contribution in [1.82, 2.24) is 19.2 Å². The predicted octanol–water partition coefficient (Wildman–Crippen LogP) is 3.11. The Labute approximate surface area is 176 Å². The van der Waals surface area contributed by atoms with Gasteiger partial charge in [-0.1, -0.05) is 11.6 Å². The van der Waals surface area contributed by atoms with Gasteiger partial charge in [-0.3, -0.25) is 9.20 Å². The summed E-state index contributed by atoms with van der Waals surface area (Å²) in [5, 5.41) is 10.2. The Bertz CT molecular complexity index is 996. The predicted molar refractivity (Wildman–Crippen MR) is 100 cm³/mol. The maximum atomic E-state index is 13.4. The van der Waals surface area contributed by atoms with Gasteiger partial charge in [-0.25, -0.2) is 4.98 Å². The maximum Gasteiger partial charge on any atom is 0.420 e. The average Bonchev–Trinajstić information content (AvgIpc) is 3.29. The third-order valence-corrected chi connectivity index (χ3v) is 5.76. The Hall–Kier alpha value is -1.98. The molecule has 7 nitrogen and oxygen atoms in total. The summed E-state index contributed by atoms with van der Waals surface area (Å²) in [7, 11) is 0. The van der Waals surface area contributed by atoms with Crippen LogP contribution in [-0.2, 0) is 10.9 Å². The van der Waals surface area contributed by atoms with E-state index in [0.29, 0.717) is 19.7 Å². The summed E-state index contributed by atoms with van der Waals surface area (Å²) in [6.45, 7) is 0.627. The largest absolute Gasteiger partial charge is 0.479 e. The van der Waals surface area contributed by atoms with E-state index in [9.17, 15) is 23.1 Å². The topological polar surface area (TPSA) is 70.3 Å². The molecule has 0 aliphatic carbocycles. The smallest absolute Gasteiger partial charge is 0.420 e. The molecule has 2 aliphatic heterocycles. The number of ether oxygens (including phenoxy) is 1. The van der Waals surface area contributed by atoms with Gasteiger partial charge in [0.2, 0.25) is 0 Å². The molecule has 4 heterocycles. The summed E-state index contributed by atoms with van der Waals surface area (Å²) in [5.41, 5.74) is -1.75. The number of alkyl halides is 3. The van der Waals surface area contributed by atoms with Crippen molar-refractivity contribution in [2.24, 2.45) is 0 Å². The van der Waals surface area contributed by atoms with Crippen LogP contribution in [0, 0.1) is 0 Å². The summed E-state index contributed by atoms with van der Waals surface area (Å²) < 4.78 is 46.4. The lowest BCUT2D eigenvalue weighted by Crippen LogP contribution is -2.54. The van der Waals surface area contributed by atoms with Gasteiger partial charge < -0.3 is 19.6 Å². The van der Waals surface area contributed by atoms with Gasteiger partial charge in [-0.2, -0.15) is 13.2 Å². The van der Waals surface area contributed by atoms with Crippen molar-refractivity contribution in [3.05, 3.63) is 45.6 Å². The molecule has 0 bridgehead atoms. The second-order valence-electron chi connectivity index (χ2n) is 6.78. The summed E-state index contributed by atoms with van der Waals surface area (Å²) in [4.78, 5) is 20.0. The van der Waals surface area contributed by atoms with Crippen LogP contribution in [0.3, 0.4) is 0 Å². The first-order valence-electron chi connectivity index (χ1n) is 8.62. The first-order valence-corrected chi connectivity index (χ1v) is 9.79. The molecule has 2 atom stereocenters. The SMILES string of the molecule is O=C(c1nc2c(C(F)(F)F)cc(Br)cn2c1Cl)N1CC[C@@H](N2C=COC2)[C@@H](O)C1. The summed E-state index contributed by atoms with van der Waals surface area (Å²) in [6.07, 6.45) is -0.491. The molecular formula is C17H15BrClF3N4O3. The molecule has 1 amide bonds. The molecule has 2 aromatic rings. The number of fused-ring (bicyclic) bond motifs is 1. The number of nitrogens with zero attached hydrogens (tertiary/aromatic N) is 4. The second-order valence-corrected chi connectivity index (χ2v) is 8.06. The number of hydrogen-bond donors (Lipinski definition) is 1. The highest BCUT2D eigenvalue weighted by Crippen LogP contribution is 2.36. The molecule has 0 spiro atoms. The van der Waals surface area contributed by atoms with E-state index >= 15 is 0 Å². The number of amides is 1. The minimum atomic E-state index is -4.67. The number of piperidine rings is 1. The van der Waals surface area contributed by atoms with Gasteiger partial charge in [0.05, 0.1) is 17.7 Å². The normalized spacial score (nSPS) is 22.4. The van der Waals surface area contributed by atoms with Crippen LogP contribution in [0.2, 0.25) is 5.15 Å². The molecule has 2 aromatic heterocycles. The Morgan fingerprint density at radius 1 is 1.41 bits per heavy atom. The van der Waals surface area contributed by atoms with Crippen molar-refractivity contribution in [3.8, 4) is 0 Å². The lowest BCUT2D eigenvalue weighted by atomic mass is 10.0. The monoisotopic (exact) mass is 494 g/mol. The van der Waals surface area contributed by atoms with Crippen LogP contribution in [0.15, 0.2) is 29.2 Å². The minimum absolute atomic E-state index is 0.00780. The van der Waals surface area contributed by atoms with Crippen molar-refractivity contribution in [1.29, 1.82) is 0 Å². The molecule has 12 heteroatoms. The van der Waals surface area contributed by atoms with E-state index in [2.05, 4.69) is 20.9 Å². The number of β-amino-alcohol motifs (C(OH)–C–C–N with tert-alkyl or cyclic N) is 1. The third-order valence-electron chi connectivity index (χ3n) is 4.97. The number of carbonyl (C=O) groups is 1. The number of rotatable bonds is 2. The first kappa shape index (κ1) is 20.3. The van der Waals surface area contributed by atoms with Gasteiger partial charge in [0, 0.05) is 30.0 Å². The van der Waals surface area contributed by atoms with Crippen LogP contribution in [-0.4, -0.2) is 62.2 Å². The third kappa shape index (κ3) is 3.66.